The maximum absolute atomic E-state index is 11.4. The van der Waals surface area contributed by atoms with Crippen LogP contribution in [0.4, 0.5) is 0 Å². The molecule has 1 unspecified atom stereocenters. The largest absolute Gasteiger partial charge is 0.469 e. The molecule has 0 bridgehead atoms. The number of esters is 2. The molecule has 6 nitrogen and oxygen atoms in total. The van der Waals surface area contributed by atoms with Crippen molar-refractivity contribution in [3.63, 3.8) is 0 Å². The van der Waals surface area contributed by atoms with Gasteiger partial charge in [0.15, 0.2) is 0 Å². The Morgan fingerprint density at radius 2 is 2.03 bits per heavy atom. The van der Waals surface area contributed by atoms with Gasteiger partial charge in [-0.25, -0.2) is 0 Å². The van der Waals surface area contributed by atoms with E-state index >= 15 is 0 Å². The first kappa shape index (κ1) is 24.9. The number of hydrogen-bond donors (Lipinski definition) is 2. The van der Waals surface area contributed by atoms with Crippen LogP contribution >= 0.6 is 0 Å². The van der Waals surface area contributed by atoms with E-state index in [1.807, 2.05) is 25.2 Å². The molecule has 2 N–H and O–H groups in total. The van der Waals surface area contributed by atoms with E-state index in [1.54, 1.807) is 6.08 Å². The quantitative estimate of drug-likeness (QED) is 0.251. The number of rotatable bonds is 10. The highest BCUT2D eigenvalue weighted by Gasteiger charge is 2.42. The topological polar surface area (TPSA) is 93.1 Å². The minimum atomic E-state index is -0.691. The zero-order valence-electron chi connectivity index (χ0n) is 17.7. The first-order chi connectivity index (χ1) is 13.9. The van der Waals surface area contributed by atoms with E-state index in [9.17, 15) is 19.8 Å². The third-order valence-electron chi connectivity index (χ3n) is 4.93. The van der Waals surface area contributed by atoms with Crippen LogP contribution in [0.15, 0.2) is 24.3 Å². The molecule has 6 heteroatoms. The molecule has 5 atom stereocenters. The van der Waals surface area contributed by atoms with Gasteiger partial charge in [0.05, 0.1) is 19.3 Å². The predicted molar refractivity (Wildman–Crippen MR) is 111 cm³/mol. The summed E-state index contributed by atoms with van der Waals surface area (Å²) in [7, 11) is 1.37. The summed E-state index contributed by atoms with van der Waals surface area (Å²) in [5.74, 6) is 4.95. The lowest BCUT2D eigenvalue weighted by atomic mass is 9.89. The first-order valence-corrected chi connectivity index (χ1v) is 10.3. The third-order valence-corrected chi connectivity index (χ3v) is 4.93. The molecular formula is C23H34O6. The molecule has 162 valence electrons. The molecule has 0 aromatic carbocycles. The highest BCUT2D eigenvalue weighted by atomic mass is 16.5. The van der Waals surface area contributed by atoms with Gasteiger partial charge in [-0.1, -0.05) is 31.2 Å². The van der Waals surface area contributed by atoms with Crippen molar-refractivity contribution in [3.05, 3.63) is 24.3 Å². The van der Waals surface area contributed by atoms with Crippen molar-refractivity contribution >= 4 is 11.9 Å². The molecule has 0 aromatic rings. The molecule has 0 amide bonds. The summed E-state index contributed by atoms with van der Waals surface area (Å²) >= 11 is 0. The molecule has 0 spiro atoms. The van der Waals surface area contributed by atoms with Gasteiger partial charge < -0.3 is 19.7 Å². The Morgan fingerprint density at radius 1 is 1.28 bits per heavy atom. The number of aliphatic hydroxyl groups is 2. The van der Waals surface area contributed by atoms with Crippen LogP contribution in [0.3, 0.4) is 0 Å². The van der Waals surface area contributed by atoms with Crippen molar-refractivity contribution in [2.75, 3.05) is 7.11 Å². The number of allylic oxidation sites excluding steroid dienone is 2. The van der Waals surface area contributed by atoms with Gasteiger partial charge in [-0.3, -0.25) is 9.59 Å². The molecule has 1 aliphatic rings. The number of ether oxygens (including phenoxy) is 2. The number of hydrogen-bond acceptors (Lipinski definition) is 6. The SMILES string of the molecule is CCC#CCC(O)/C=C/[C@@H]1[C@@H](C/C=C\CCCC(=O)OC)[C@@H](OC(C)=O)C[C@H]1O. The Labute approximate surface area is 174 Å². The minimum Gasteiger partial charge on any atom is -0.469 e. The van der Waals surface area contributed by atoms with Crippen LogP contribution in [0.25, 0.3) is 0 Å². The lowest BCUT2D eigenvalue weighted by Crippen LogP contribution is -2.24. The van der Waals surface area contributed by atoms with E-state index in [-0.39, 0.29) is 29.9 Å². The van der Waals surface area contributed by atoms with Crippen LogP contribution < -0.4 is 0 Å². The van der Waals surface area contributed by atoms with Crippen LogP contribution in [0, 0.1) is 23.7 Å². The van der Waals surface area contributed by atoms with Crippen LogP contribution in [-0.2, 0) is 19.1 Å². The minimum absolute atomic E-state index is 0.0732. The van der Waals surface area contributed by atoms with Crippen molar-refractivity contribution in [1.29, 1.82) is 0 Å². The molecule has 1 aliphatic carbocycles. The van der Waals surface area contributed by atoms with E-state index in [0.717, 1.165) is 12.8 Å². The maximum atomic E-state index is 11.4. The van der Waals surface area contributed by atoms with Gasteiger partial charge in [0, 0.05) is 44.4 Å². The van der Waals surface area contributed by atoms with Crippen molar-refractivity contribution in [2.24, 2.45) is 11.8 Å². The smallest absolute Gasteiger partial charge is 0.305 e. The number of carbonyl (C=O) groups excluding carboxylic acids is 2. The Kier molecular flexibility index (Phi) is 12.0. The molecular weight excluding hydrogens is 372 g/mol. The second kappa shape index (κ2) is 14.0. The van der Waals surface area contributed by atoms with E-state index in [1.165, 1.54) is 14.0 Å². The summed E-state index contributed by atoms with van der Waals surface area (Å²) in [4.78, 5) is 22.6. The Balaban J connectivity index is 2.70. The van der Waals surface area contributed by atoms with E-state index in [0.29, 0.717) is 32.1 Å². The normalized spacial score (nSPS) is 25.0. The van der Waals surface area contributed by atoms with Gasteiger partial charge in [0.25, 0.3) is 0 Å². The second-order valence-corrected chi connectivity index (χ2v) is 7.23. The fourth-order valence-electron chi connectivity index (χ4n) is 3.50. The predicted octanol–water partition coefficient (Wildman–Crippen LogP) is 2.93. The number of aliphatic hydroxyl groups excluding tert-OH is 2. The molecule has 1 fully saturated rings. The van der Waals surface area contributed by atoms with Gasteiger partial charge in [0.1, 0.15) is 6.10 Å². The Morgan fingerprint density at radius 3 is 2.69 bits per heavy atom. The van der Waals surface area contributed by atoms with Crippen molar-refractivity contribution in [3.8, 4) is 11.8 Å². The molecule has 1 saturated carbocycles. The van der Waals surface area contributed by atoms with E-state index < -0.39 is 12.2 Å². The van der Waals surface area contributed by atoms with Crippen molar-refractivity contribution in [1.82, 2.24) is 0 Å². The standard InChI is InChI=1S/C23H34O6/c1-4-5-8-11-18(25)14-15-19-20(22(16-21(19)26)29-17(2)24)12-9-6-7-10-13-23(27)28-3/h6,9,14-15,18-22,25-26H,4,7,10-13,16H2,1-3H3/b9-6-,15-14+/t18?,19-,20-,21-,22+/m1/s1. The highest BCUT2D eigenvalue weighted by Crippen LogP contribution is 2.38. The van der Waals surface area contributed by atoms with Gasteiger partial charge >= 0.3 is 11.9 Å². The fourth-order valence-corrected chi connectivity index (χ4v) is 3.50. The monoisotopic (exact) mass is 406 g/mol. The van der Waals surface area contributed by atoms with Crippen LogP contribution in [-0.4, -0.2) is 47.6 Å². The van der Waals surface area contributed by atoms with Crippen LogP contribution in [0.2, 0.25) is 0 Å². The summed E-state index contributed by atoms with van der Waals surface area (Å²) in [6.45, 7) is 3.32. The molecule has 0 radical (unpaired) electrons. The molecule has 0 aromatic heterocycles. The molecule has 0 aliphatic heterocycles. The Hall–Kier alpha value is -2.10. The third kappa shape index (κ3) is 9.78. The summed E-state index contributed by atoms with van der Waals surface area (Å²) < 4.78 is 10.0. The van der Waals surface area contributed by atoms with Gasteiger partial charge in [-0.2, -0.15) is 0 Å². The highest BCUT2D eigenvalue weighted by molar-refractivity contribution is 5.69. The average Bonchev–Trinajstić information content (AvgIpc) is 2.96. The van der Waals surface area contributed by atoms with E-state index in [4.69, 9.17) is 4.74 Å². The summed E-state index contributed by atoms with van der Waals surface area (Å²) in [6, 6.07) is 0. The maximum Gasteiger partial charge on any atom is 0.305 e. The average molecular weight is 407 g/mol. The summed E-state index contributed by atoms with van der Waals surface area (Å²) in [5.41, 5.74) is 0. The second-order valence-electron chi connectivity index (χ2n) is 7.23. The number of methoxy groups -OCH3 is 1. The van der Waals surface area contributed by atoms with Crippen LogP contribution in [0.1, 0.15) is 58.8 Å². The van der Waals surface area contributed by atoms with Crippen LogP contribution in [0.5, 0.6) is 0 Å². The summed E-state index contributed by atoms with van der Waals surface area (Å²) in [6.07, 6.45) is 9.73. The summed E-state index contributed by atoms with van der Waals surface area (Å²) in [5, 5.41) is 20.5. The molecule has 0 heterocycles. The van der Waals surface area contributed by atoms with Gasteiger partial charge in [-0.05, 0) is 19.3 Å². The first-order valence-electron chi connectivity index (χ1n) is 10.3. The zero-order chi connectivity index (χ0) is 21.6. The van der Waals surface area contributed by atoms with Gasteiger partial charge in [0.2, 0.25) is 0 Å². The van der Waals surface area contributed by atoms with Crippen molar-refractivity contribution in [2.45, 2.75) is 77.1 Å². The van der Waals surface area contributed by atoms with Crippen molar-refractivity contribution < 1.29 is 29.3 Å². The lowest BCUT2D eigenvalue weighted by Gasteiger charge is -2.22. The Bertz CT molecular complexity index is 627. The fraction of sp³-hybridized carbons (Fsp3) is 0.652. The number of unbranched alkanes of at least 4 members (excludes halogenated alkanes) is 1. The number of carbonyl (C=O) groups is 2. The lowest BCUT2D eigenvalue weighted by molar-refractivity contribution is -0.148. The zero-order valence-corrected chi connectivity index (χ0v) is 17.7. The molecule has 1 rings (SSSR count). The molecule has 29 heavy (non-hydrogen) atoms. The molecule has 0 saturated heterocycles. The van der Waals surface area contributed by atoms with Gasteiger partial charge in [-0.15, -0.1) is 11.8 Å². The van der Waals surface area contributed by atoms with E-state index in [2.05, 4.69) is 16.6 Å².